The molecule has 0 saturated heterocycles. The number of hydrogen-bond donors (Lipinski definition) is 2. The van der Waals surface area contributed by atoms with Gasteiger partial charge in [-0.3, -0.25) is 0 Å². The first-order valence-electron chi connectivity index (χ1n) is 11.9. The highest BCUT2D eigenvalue weighted by molar-refractivity contribution is 7.25. The topological polar surface area (TPSA) is 70.1 Å². The van der Waals surface area contributed by atoms with E-state index in [4.69, 9.17) is 0 Å². The summed E-state index contributed by atoms with van der Waals surface area (Å²) < 4.78 is 4.91. The van der Waals surface area contributed by atoms with Gasteiger partial charge in [-0.2, -0.15) is 0 Å². The summed E-state index contributed by atoms with van der Waals surface area (Å²) >= 11 is 1.79. The molecule has 0 saturated carbocycles. The maximum Gasteiger partial charge on any atom is 0.0837 e. The number of rotatable bonds is 7. The molecule has 0 unspecified atom stereocenters. The minimum absolute atomic E-state index is 0.612. The van der Waals surface area contributed by atoms with E-state index in [1.54, 1.807) is 11.3 Å². The highest BCUT2D eigenvalue weighted by Crippen LogP contribution is 2.40. The third-order valence-electron chi connectivity index (χ3n) is 6.83. The zero-order chi connectivity index (χ0) is 23.8. The standard InChI is InChI=1S/C28H29N3O2S/c1-4-5-6-7-12-31-25-10-8-19(17(2)29-32)13-21(25)22-16-28-24(15-26(22)31)23-14-20(18(3)30-33)9-11-27(23)34-28/h8-11,13-16,32-33H,4-7,12H2,1-3H3/b29-17+,30-18+. The van der Waals surface area contributed by atoms with Gasteiger partial charge in [-0.25, -0.2) is 0 Å². The zero-order valence-corrected chi connectivity index (χ0v) is 20.6. The molecule has 0 atom stereocenters. The molecule has 0 aliphatic heterocycles. The van der Waals surface area contributed by atoms with Gasteiger partial charge in [0.05, 0.1) is 11.4 Å². The Bertz CT molecular complexity index is 1590. The van der Waals surface area contributed by atoms with E-state index < -0.39 is 0 Å². The van der Waals surface area contributed by atoms with Crippen LogP contribution >= 0.6 is 11.3 Å². The fraction of sp³-hybridized carbons (Fsp3) is 0.286. The lowest BCUT2D eigenvalue weighted by molar-refractivity contribution is 0.319. The van der Waals surface area contributed by atoms with Crippen molar-refractivity contribution in [2.45, 2.75) is 53.0 Å². The number of nitrogens with zero attached hydrogens (tertiary/aromatic N) is 3. The van der Waals surface area contributed by atoms with Crippen molar-refractivity contribution in [1.82, 2.24) is 4.57 Å². The van der Waals surface area contributed by atoms with Crippen molar-refractivity contribution in [2.75, 3.05) is 0 Å². The number of aryl methyl sites for hydroxylation is 1. The van der Waals surface area contributed by atoms with Gasteiger partial charge in [-0.15, -0.1) is 11.3 Å². The molecule has 5 aromatic rings. The van der Waals surface area contributed by atoms with Crippen LogP contribution in [0.2, 0.25) is 0 Å². The molecule has 2 aromatic heterocycles. The molecule has 2 heterocycles. The third-order valence-corrected chi connectivity index (χ3v) is 7.96. The van der Waals surface area contributed by atoms with Crippen LogP contribution in [0.3, 0.4) is 0 Å². The molecule has 6 heteroatoms. The largest absolute Gasteiger partial charge is 0.411 e. The second-order valence-corrected chi connectivity index (χ2v) is 10.1. The quantitative estimate of drug-likeness (QED) is 0.109. The number of fused-ring (bicyclic) bond motifs is 6. The van der Waals surface area contributed by atoms with Gasteiger partial charge in [-0.1, -0.05) is 48.6 Å². The Morgan fingerprint density at radius 3 is 2.09 bits per heavy atom. The lowest BCUT2D eigenvalue weighted by Gasteiger charge is -2.08. The highest BCUT2D eigenvalue weighted by atomic mass is 32.1. The first-order chi connectivity index (χ1) is 16.5. The Hall–Kier alpha value is -3.38. The highest BCUT2D eigenvalue weighted by Gasteiger charge is 2.16. The zero-order valence-electron chi connectivity index (χ0n) is 19.8. The Balaban J connectivity index is 1.78. The second-order valence-electron chi connectivity index (χ2n) is 8.99. The van der Waals surface area contributed by atoms with Crippen molar-refractivity contribution in [2.24, 2.45) is 10.3 Å². The van der Waals surface area contributed by atoms with Crippen LogP contribution in [0.4, 0.5) is 0 Å². The van der Waals surface area contributed by atoms with Crippen LogP contribution in [0.1, 0.15) is 57.6 Å². The van der Waals surface area contributed by atoms with Gasteiger partial charge in [0.1, 0.15) is 0 Å². The molecule has 0 amide bonds. The van der Waals surface area contributed by atoms with Gasteiger partial charge in [-0.05, 0) is 67.8 Å². The van der Waals surface area contributed by atoms with Crippen LogP contribution in [0.15, 0.2) is 58.8 Å². The van der Waals surface area contributed by atoms with Crippen LogP contribution in [0.5, 0.6) is 0 Å². The fourth-order valence-electron chi connectivity index (χ4n) is 4.87. The SMILES string of the molecule is CCCCCCn1c2ccc(/C(C)=N/O)cc2c2cc3sc4ccc(/C(C)=N/O)cc4c3cc21. The molecule has 34 heavy (non-hydrogen) atoms. The maximum atomic E-state index is 9.31. The van der Waals surface area contributed by atoms with E-state index in [0.29, 0.717) is 11.4 Å². The first kappa shape index (κ1) is 22.4. The molecular formula is C28H29N3O2S. The summed E-state index contributed by atoms with van der Waals surface area (Å²) in [5, 5.41) is 30.2. The third kappa shape index (κ3) is 3.72. The van der Waals surface area contributed by atoms with E-state index in [-0.39, 0.29) is 0 Å². The average molecular weight is 472 g/mol. The van der Waals surface area contributed by atoms with Crippen LogP contribution in [0.25, 0.3) is 42.0 Å². The fourth-order valence-corrected chi connectivity index (χ4v) is 5.98. The molecule has 0 radical (unpaired) electrons. The predicted molar refractivity (Wildman–Crippen MR) is 144 cm³/mol. The van der Waals surface area contributed by atoms with Gasteiger partial charge in [0.25, 0.3) is 0 Å². The Kier molecular flexibility index (Phi) is 6.00. The molecule has 3 aromatic carbocycles. The van der Waals surface area contributed by atoms with Crippen LogP contribution in [-0.2, 0) is 6.54 Å². The molecule has 5 nitrogen and oxygen atoms in total. The Labute approximate surface area is 202 Å². The predicted octanol–water partition coefficient (Wildman–Crippen LogP) is 8.14. The summed E-state index contributed by atoms with van der Waals surface area (Å²) in [5.74, 6) is 0. The lowest BCUT2D eigenvalue weighted by atomic mass is 10.0. The monoisotopic (exact) mass is 471 g/mol. The number of oxime groups is 2. The molecular weight excluding hydrogens is 442 g/mol. The van der Waals surface area contributed by atoms with Crippen LogP contribution in [-0.4, -0.2) is 26.4 Å². The summed E-state index contributed by atoms with van der Waals surface area (Å²) in [6.07, 6.45) is 4.83. The van der Waals surface area contributed by atoms with E-state index in [0.717, 1.165) is 24.1 Å². The summed E-state index contributed by atoms with van der Waals surface area (Å²) in [6, 6.07) is 17.2. The maximum absolute atomic E-state index is 9.31. The van der Waals surface area contributed by atoms with Crippen molar-refractivity contribution >= 4 is 64.7 Å². The molecule has 0 bridgehead atoms. The number of aromatic nitrogens is 1. The molecule has 5 rings (SSSR count). The molecule has 0 spiro atoms. The van der Waals surface area contributed by atoms with Crippen molar-refractivity contribution < 1.29 is 10.4 Å². The van der Waals surface area contributed by atoms with Gasteiger partial charge in [0.15, 0.2) is 0 Å². The Morgan fingerprint density at radius 2 is 1.38 bits per heavy atom. The molecule has 174 valence electrons. The average Bonchev–Trinajstić information content (AvgIpc) is 3.38. The van der Waals surface area contributed by atoms with E-state index in [1.807, 2.05) is 26.0 Å². The van der Waals surface area contributed by atoms with Crippen molar-refractivity contribution in [1.29, 1.82) is 0 Å². The number of unbranched alkanes of at least 4 members (excludes halogenated alkanes) is 3. The molecule has 2 N–H and O–H groups in total. The number of hydrogen-bond acceptors (Lipinski definition) is 5. The van der Waals surface area contributed by atoms with Gasteiger partial charge in [0.2, 0.25) is 0 Å². The second kappa shape index (κ2) is 9.11. The minimum atomic E-state index is 0.612. The summed E-state index contributed by atoms with van der Waals surface area (Å²) in [4.78, 5) is 0. The molecule has 0 aliphatic carbocycles. The van der Waals surface area contributed by atoms with E-state index in [2.05, 4.69) is 58.2 Å². The van der Waals surface area contributed by atoms with Crippen molar-refractivity contribution in [3.63, 3.8) is 0 Å². The lowest BCUT2D eigenvalue weighted by Crippen LogP contribution is -1.98. The molecule has 0 fully saturated rings. The van der Waals surface area contributed by atoms with E-state index in [9.17, 15) is 10.4 Å². The van der Waals surface area contributed by atoms with Crippen LogP contribution < -0.4 is 0 Å². The minimum Gasteiger partial charge on any atom is -0.411 e. The summed E-state index contributed by atoms with van der Waals surface area (Å²) in [5.41, 5.74) is 5.53. The molecule has 0 aliphatic rings. The van der Waals surface area contributed by atoms with E-state index in [1.165, 1.54) is 61.2 Å². The Morgan fingerprint density at radius 1 is 0.735 bits per heavy atom. The number of thiophene rings is 1. The van der Waals surface area contributed by atoms with Gasteiger partial charge in [0, 0.05) is 48.5 Å². The van der Waals surface area contributed by atoms with Crippen molar-refractivity contribution in [3.8, 4) is 0 Å². The van der Waals surface area contributed by atoms with E-state index >= 15 is 0 Å². The summed E-state index contributed by atoms with van der Waals surface area (Å²) in [7, 11) is 0. The first-order valence-corrected chi connectivity index (χ1v) is 12.7. The normalized spacial score (nSPS) is 13.1. The smallest absolute Gasteiger partial charge is 0.0837 e. The number of benzene rings is 3. The van der Waals surface area contributed by atoms with Gasteiger partial charge < -0.3 is 15.0 Å². The van der Waals surface area contributed by atoms with Gasteiger partial charge >= 0.3 is 0 Å². The summed E-state index contributed by atoms with van der Waals surface area (Å²) in [6.45, 7) is 6.85. The van der Waals surface area contributed by atoms with Crippen LogP contribution in [0, 0.1) is 0 Å². The van der Waals surface area contributed by atoms with Crippen molar-refractivity contribution in [3.05, 3.63) is 59.7 Å².